The van der Waals surface area contributed by atoms with Gasteiger partial charge in [0.25, 0.3) is 5.09 Å². The van der Waals surface area contributed by atoms with Crippen molar-refractivity contribution in [1.29, 1.82) is 0 Å². The standard InChI is InChI=1S/C14H13N3O3/c18-17(19)20-14-5-7-15-9-13(14)16-8-6-11-3-1-2-4-12(11)10-16/h1-5,7,9H,6,8,10H2. The van der Waals surface area contributed by atoms with Crippen molar-refractivity contribution >= 4 is 5.69 Å². The summed E-state index contributed by atoms with van der Waals surface area (Å²) in [6.07, 6.45) is 4.00. The molecule has 0 N–H and O–H groups in total. The van der Waals surface area contributed by atoms with Gasteiger partial charge >= 0.3 is 0 Å². The summed E-state index contributed by atoms with van der Waals surface area (Å²) in [5, 5.41) is 9.75. The average molecular weight is 271 g/mol. The zero-order valence-electron chi connectivity index (χ0n) is 10.7. The van der Waals surface area contributed by atoms with Gasteiger partial charge in [0, 0.05) is 19.3 Å². The number of hydrogen-bond donors (Lipinski definition) is 0. The van der Waals surface area contributed by atoms with Crippen LogP contribution in [0.25, 0.3) is 0 Å². The predicted octanol–water partition coefficient (Wildman–Crippen LogP) is 2.21. The second kappa shape index (κ2) is 5.16. The number of nitrogens with zero attached hydrogens (tertiary/aromatic N) is 3. The summed E-state index contributed by atoms with van der Waals surface area (Å²) >= 11 is 0. The van der Waals surface area contributed by atoms with Crippen molar-refractivity contribution in [2.75, 3.05) is 11.4 Å². The van der Waals surface area contributed by atoms with Crippen LogP contribution in [0.2, 0.25) is 0 Å². The molecule has 0 unspecified atom stereocenters. The van der Waals surface area contributed by atoms with E-state index in [2.05, 4.69) is 22.0 Å². The SMILES string of the molecule is O=[N+]([O-])Oc1ccncc1N1CCc2ccccc2C1. The van der Waals surface area contributed by atoms with E-state index in [9.17, 15) is 10.1 Å². The molecule has 1 aliphatic heterocycles. The van der Waals surface area contributed by atoms with Crippen LogP contribution in [-0.4, -0.2) is 16.6 Å². The van der Waals surface area contributed by atoms with E-state index in [-0.39, 0.29) is 5.75 Å². The fourth-order valence-corrected chi connectivity index (χ4v) is 2.47. The summed E-state index contributed by atoms with van der Waals surface area (Å²) in [5.41, 5.74) is 3.21. The van der Waals surface area contributed by atoms with Crippen LogP contribution in [0.5, 0.6) is 5.75 Å². The summed E-state index contributed by atoms with van der Waals surface area (Å²) < 4.78 is 0. The Labute approximate surface area is 115 Å². The Kier molecular flexibility index (Phi) is 3.20. The van der Waals surface area contributed by atoms with E-state index in [1.54, 1.807) is 6.20 Å². The number of hydrogen-bond acceptors (Lipinski definition) is 5. The Hall–Kier alpha value is -2.63. The lowest BCUT2D eigenvalue weighted by Gasteiger charge is -2.31. The Morgan fingerprint density at radius 2 is 2.05 bits per heavy atom. The minimum Gasteiger partial charge on any atom is -0.364 e. The van der Waals surface area contributed by atoms with Crippen LogP contribution in [0.4, 0.5) is 5.69 Å². The highest BCUT2D eigenvalue weighted by molar-refractivity contribution is 5.58. The predicted molar refractivity (Wildman–Crippen MR) is 73.1 cm³/mol. The first-order valence-electron chi connectivity index (χ1n) is 6.32. The van der Waals surface area contributed by atoms with Crippen molar-refractivity contribution < 1.29 is 9.92 Å². The van der Waals surface area contributed by atoms with Gasteiger partial charge in [-0.15, -0.1) is 10.1 Å². The third-order valence-corrected chi connectivity index (χ3v) is 3.41. The second-order valence-corrected chi connectivity index (χ2v) is 4.60. The molecule has 3 rings (SSSR count). The lowest BCUT2D eigenvalue weighted by atomic mass is 9.99. The lowest BCUT2D eigenvalue weighted by molar-refractivity contribution is -0.710. The van der Waals surface area contributed by atoms with E-state index in [4.69, 9.17) is 0 Å². The molecular weight excluding hydrogens is 258 g/mol. The van der Waals surface area contributed by atoms with Crippen molar-refractivity contribution in [3.05, 3.63) is 64.0 Å². The highest BCUT2D eigenvalue weighted by Crippen LogP contribution is 2.31. The fraction of sp³-hybridized carbons (Fsp3) is 0.214. The monoisotopic (exact) mass is 271 g/mol. The molecule has 2 aromatic rings. The third kappa shape index (κ3) is 2.40. The zero-order valence-corrected chi connectivity index (χ0v) is 10.7. The molecule has 0 fully saturated rings. The Balaban J connectivity index is 1.90. The summed E-state index contributed by atoms with van der Waals surface area (Å²) in [6, 6.07) is 9.73. The highest BCUT2D eigenvalue weighted by atomic mass is 17.0. The molecule has 102 valence electrons. The van der Waals surface area contributed by atoms with Gasteiger partial charge in [0.05, 0.1) is 11.9 Å². The van der Waals surface area contributed by atoms with E-state index in [1.807, 2.05) is 17.0 Å². The molecule has 6 nitrogen and oxygen atoms in total. The van der Waals surface area contributed by atoms with Crippen molar-refractivity contribution in [2.45, 2.75) is 13.0 Å². The summed E-state index contributed by atoms with van der Waals surface area (Å²) in [4.78, 5) is 21.3. The molecule has 2 heterocycles. The molecule has 0 spiro atoms. The minimum absolute atomic E-state index is 0.226. The molecule has 1 aromatic heterocycles. The fourth-order valence-electron chi connectivity index (χ4n) is 2.47. The number of aromatic nitrogens is 1. The first-order valence-corrected chi connectivity index (χ1v) is 6.32. The van der Waals surface area contributed by atoms with E-state index in [0.717, 1.165) is 13.0 Å². The zero-order chi connectivity index (χ0) is 13.9. The number of benzene rings is 1. The number of anilines is 1. The number of fused-ring (bicyclic) bond motifs is 1. The van der Waals surface area contributed by atoms with Crippen LogP contribution >= 0.6 is 0 Å². The maximum absolute atomic E-state index is 10.5. The molecule has 0 amide bonds. The smallest absolute Gasteiger partial charge is 0.299 e. The van der Waals surface area contributed by atoms with Crippen molar-refractivity contribution in [2.24, 2.45) is 0 Å². The highest BCUT2D eigenvalue weighted by Gasteiger charge is 2.19. The van der Waals surface area contributed by atoms with E-state index < -0.39 is 5.09 Å². The normalized spacial score (nSPS) is 13.7. The largest absolute Gasteiger partial charge is 0.364 e. The maximum Gasteiger partial charge on any atom is 0.299 e. The van der Waals surface area contributed by atoms with Gasteiger partial charge in [0.15, 0.2) is 5.75 Å². The molecule has 0 atom stereocenters. The van der Waals surface area contributed by atoms with Crippen LogP contribution in [-0.2, 0) is 13.0 Å². The molecule has 20 heavy (non-hydrogen) atoms. The Bertz CT molecular complexity index is 645. The molecule has 0 bridgehead atoms. The summed E-state index contributed by atoms with van der Waals surface area (Å²) in [5.74, 6) is 0.226. The van der Waals surface area contributed by atoms with Gasteiger partial charge in [0.1, 0.15) is 0 Å². The van der Waals surface area contributed by atoms with Gasteiger partial charge in [-0.3, -0.25) is 9.82 Å². The van der Waals surface area contributed by atoms with Gasteiger partial charge in [-0.05, 0) is 23.6 Å². The molecule has 0 radical (unpaired) electrons. The topological polar surface area (TPSA) is 68.5 Å². The first-order chi connectivity index (χ1) is 9.74. The lowest BCUT2D eigenvalue weighted by Crippen LogP contribution is -2.30. The van der Waals surface area contributed by atoms with Gasteiger partial charge in [0.2, 0.25) is 0 Å². The molecule has 0 saturated heterocycles. The van der Waals surface area contributed by atoms with Crippen molar-refractivity contribution in [1.82, 2.24) is 4.98 Å². The van der Waals surface area contributed by atoms with E-state index >= 15 is 0 Å². The Morgan fingerprint density at radius 1 is 1.25 bits per heavy atom. The van der Waals surface area contributed by atoms with Crippen LogP contribution < -0.4 is 9.74 Å². The summed E-state index contributed by atoms with van der Waals surface area (Å²) in [6.45, 7) is 1.49. The first kappa shape index (κ1) is 12.4. The van der Waals surface area contributed by atoms with Crippen LogP contribution in [0, 0.1) is 10.1 Å². The molecule has 0 saturated carbocycles. The molecule has 1 aliphatic rings. The number of rotatable bonds is 3. The third-order valence-electron chi connectivity index (χ3n) is 3.41. The van der Waals surface area contributed by atoms with Crippen molar-refractivity contribution in [3.63, 3.8) is 0 Å². The quantitative estimate of drug-likeness (QED) is 0.632. The van der Waals surface area contributed by atoms with Gasteiger partial charge in [-0.1, -0.05) is 24.3 Å². The Morgan fingerprint density at radius 3 is 2.85 bits per heavy atom. The van der Waals surface area contributed by atoms with Gasteiger partial charge in [-0.25, -0.2) is 0 Å². The molecule has 1 aromatic carbocycles. The maximum atomic E-state index is 10.5. The second-order valence-electron chi connectivity index (χ2n) is 4.60. The van der Waals surface area contributed by atoms with Gasteiger partial charge in [-0.2, -0.15) is 0 Å². The molecule has 0 aliphatic carbocycles. The number of pyridine rings is 1. The van der Waals surface area contributed by atoms with E-state index in [1.165, 1.54) is 23.4 Å². The molecular formula is C14H13N3O3. The van der Waals surface area contributed by atoms with E-state index in [0.29, 0.717) is 12.2 Å². The average Bonchev–Trinajstić information content (AvgIpc) is 2.47. The minimum atomic E-state index is -0.795. The van der Waals surface area contributed by atoms with Gasteiger partial charge < -0.3 is 4.90 Å². The summed E-state index contributed by atoms with van der Waals surface area (Å²) in [7, 11) is 0. The van der Waals surface area contributed by atoms with Crippen molar-refractivity contribution in [3.8, 4) is 5.75 Å². The molecule has 6 heteroatoms. The van der Waals surface area contributed by atoms with Crippen LogP contribution in [0.3, 0.4) is 0 Å². The van der Waals surface area contributed by atoms with Crippen LogP contribution in [0.15, 0.2) is 42.7 Å². The van der Waals surface area contributed by atoms with Crippen LogP contribution in [0.1, 0.15) is 11.1 Å².